The molecule has 0 unspecified atom stereocenters. The minimum Gasteiger partial charge on any atom is -0.399 e. The number of anilines is 1. The van der Waals surface area contributed by atoms with Crippen LogP contribution >= 0.6 is 15.9 Å². The Morgan fingerprint density at radius 2 is 1.59 bits per heavy atom. The highest BCUT2D eigenvalue weighted by Crippen LogP contribution is 2.36. The van der Waals surface area contributed by atoms with E-state index in [1.807, 2.05) is 0 Å². The summed E-state index contributed by atoms with van der Waals surface area (Å²) in [5, 5.41) is 0. The summed E-state index contributed by atoms with van der Waals surface area (Å²) in [5.74, 6) is -3.02. The van der Waals surface area contributed by atoms with E-state index < -0.39 is 5.92 Å². The summed E-state index contributed by atoms with van der Waals surface area (Å²) in [5.41, 5.74) is 5.84. The molecular formula is C13H10BrF2N. The fourth-order valence-corrected chi connectivity index (χ4v) is 1.94. The molecular weight excluding hydrogens is 288 g/mol. The van der Waals surface area contributed by atoms with Crippen LogP contribution in [0.5, 0.6) is 0 Å². The van der Waals surface area contributed by atoms with E-state index in [0.717, 1.165) is 0 Å². The summed E-state index contributed by atoms with van der Waals surface area (Å²) in [6.45, 7) is 0. The number of nitrogen functional groups attached to an aromatic ring is 1. The molecule has 0 atom stereocenters. The third kappa shape index (κ3) is 2.47. The van der Waals surface area contributed by atoms with Gasteiger partial charge in [0.15, 0.2) is 0 Å². The zero-order valence-electron chi connectivity index (χ0n) is 8.83. The van der Waals surface area contributed by atoms with Gasteiger partial charge in [-0.25, -0.2) is 0 Å². The molecule has 0 heterocycles. The predicted molar refractivity (Wildman–Crippen MR) is 68.0 cm³/mol. The molecule has 2 aromatic carbocycles. The molecule has 0 aliphatic rings. The van der Waals surface area contributed by atoms with Crippen LogP contribution in [0.15, 0.2) is 53.0 Å². The first-order chi connectivity index (χ1) is 8.00. The van der Waals surface area contributed by atoms with Gasteiger partial charge in [-0.2, -0.15) is 8.78 Å². The number of hydrogen-bond donors (Lipinski definition) is 1. The van der Waals surface area contributed by atoms with E-state index in [-0.39, 0.29) is 11.1 Å². The van der Waals surface area contributed by atoms with Crippen molar-refractivity contribution in [2.75, 3.05) is 5.73 Å². The monoisotopic (exact) mass is 297 g/mol. The van der Waals surface area contributed by atoms with E-state index in [1.165, 1.54) is 36.4 Å². The lowest BCUT2D eigenvalue weighted by Gasteiger charge is -2.17. The Morgan fingerprint density at radius 3 is 2.18 bits per heavy atom. The second-order valence-corrected chi connectivity index (χ2v) is 4.62. The quantitative estimate of drug-likeness (QED) is 0.827. The molecule has 0 saturated carbocycles. The minimum atomic E-state index is -3.02. The second-order valence-electron chi connectivity index (χ2n) is 3.71. The number of alkyl halides is 2. The zero-order valence-corrected chi connectivity index (χ0v) is 10.4. The Kier molecular flexibility index (Phi) is 3.15. The molecule has 88 valence electrons. The van der Waals surface area contributed by atoms with Crippen LogP contribution in [0.1, 0.15) is 11.1 Å². The maximum Gasteiger partial charge on any atom is 0.298 e. The summed E-state index contributed by atoms with van der Waals surface area (Å²) >= 11 is 3.19. The van der Waals surface area contributed by atoms with Crippen LogP contribution in [0.4, 0.5) is 14.5 Å². The van der Waals surface area contributed by atoms with Gasteiger partial charge in [0.25, 0.3) is 5.92 Å². The summed E-state index contributed by atoms with van der Waals surface area (Å²) in [4.78, 5) is 0. The van der Waals surface area contributed by atoms with Gasteiger partial charge in [0.1, 0.15) is 0 Å². The molecule has 17 heavy (non-hydrogen) atoms. The highest BCUT2D eigenvalue weighted by Gasteiger charge is 2.33. The number of hydrogen-bond acceptors (Lipinski definition) is 1. The molecule has 2 N–H and O–H groups in total. The highest BCUT2D eigenvalue weighted by molar-refractivity contribution is 9.10. The summed E-state index contributed by atoms with van der Waals surface area (Å²) in [7, 11) is 0. The third-order valence-electron chi connectivity index (χ3n) is 2.46. The van der Waals surface area contributed by atoms with Gasteiger partial charge >= 0.3 is 0 Å². The van der Waals surface area contributed by atoms with E-state index in [4.69, 9.17) is 5.73 Å². The summed E-state index contributed by atoms with van der Waals surface area (Å²) in [6.07, 6.45) is 0. The lowest BCUT2D eigenvalue weighted by atomic mass is 10.0. The first kappa shape index (κ1) is 12.0. The third-order valence-corrected chi connectivity index (χ3v) is 2.95. The van der Waals surface area contributed by atoms with Gasteiger partial charge in [-0.3, -0.25) is 0 Å². The van der Waals surface area contributed by atoms with Crippen LogP contribution in [0.2, 0.25) is 0 Å². The maximum absolute atomic E-state index is 14.1. The van der Waals surface area contributed by atoms with Crippen LogP contribution in [0.3, 0.4) is 0 Å². The van der Waals surface area contributed by atoms with Crippen LogP contribution < -0.4 is 5.73 Å². The molecule has 0 aliphatic heterocycles. The Balaban J connectivity index is 2.45. The summed E-state index contributed by atoms with van der Waals surface area (Å²) < 4.78 is 28.9. The van der Waals surface area contributed by atoms with Crippen molar-refractivity contribution in [1.82, 2.24) is 0 Å². The van der Waals surface area contributed by atoms with Gasteiger partial charge < -0.3 is 5.73 Å². The van der Waals surface area contributed by atoms with Crippen molar-refractivity contribution in [3.05, 3.63) is 64.1 Å². The number of halogens is 3. The Labute approximate surface area is 106 Å². The zero-order chi connectivity index (χ0) is 12.5. The van der Waals surface area contributed by atoms with Crippen LogP contribution in [0.25, 0.3) is 0 Å². The average Bonchev–Trinajstić information content (AvgIpc) is 2.29. The van der Waals surface area contributed by atoms with E-state index in [9.17, 15) is 8.78 Å². The lowest BCUT2D eigenvalue weighted by Crippen LogP contribution is -2.15. The number of rotatable bonds is 2. The van der Waals surface area contributed by atoms with Crippen molar-refractivity contribution >= 4 is 21.6 Å². The van der Waals surface area contributed by atoms with Crippen molar-refractivity contribution in [3.8, 4) is 0 Å². The largest absolute Gasteiger partial charge is 0.399 e. The Morgan fingerprint density at radius 1 is 0.941 bits per heavy atom. The van der Waals surface area contributed by atoms with Crippen LogP contribution in [0, 0.1) is 0 Å². The van der Waals surface area contributed by atoms with E-state index in [1.54, 1.807) is 12.1 Å². The van der Waals surface area contributed by atoms with Crippen molar-refractivity contribution in [2.45, 2.75) is 5.92 Å². The molecule has 0 aliphatic carbocycles. The topological polar surface area (TPSA) is 26.0 Å². The van der Waals surface area contributed by atoms with Gasteiger partial charge in [0.2, 0.25) is 0 Å². The predicted octanol–water partition coefficient (Wildman–Crippen LogP) is 4.17. The van der Waals surface area contributed by atoms with E-state index in [2.05, 4.69) is 15.9 Å². The van der Waals surface area contributed by atoms with Crippen molar-refractivity contribution < 1.29 is 8.78 Å². The van der Waals surface area contributed by atoms with Gasteiger partial charge in [-0.15, -0.1) is 0 Å². The Hall–Kier alpha value is -1.42. The van der Waals surface area contributed by atoms with E-state index in [0.29, 0.717) is 10.2 Å². The summed E-state index contributed by atoms with van der Waals surface area (Å²) in [6, 6.07) is 11.7. The fraction of sp³-hybridized carbons (Fsp3) is 0.0769. The SMILES string of the molecule is Nc1ccc(C(F)(F)c2cccc(Br)c2)cc1. The van der Waals surface area contributed by atoms with Gasteiger partial charge in [0, 0.05) is 21.3 Å². The second kappa shape index (κ2) is 4.45. The van der Waals surface area contributed by atoms with Crippen LogP contribution in [-0.2, 0) is 5.92 Å². The highest BCUT2D eigenvalue weighted by atomic mass is 79.9. The fourth-order valence-electron chi connectivity index (χ4n) is 1.54. The molecule has 1 nitrogen and oxygen atoms in total. The first-order valence-corrected chi connectivity index (χ1v) is 5.79. The van der Waals surface area contributed by atoms with E-state index >= 15 is 0 Å². The molecule has 0 bridgehead atoms. The normalized spacial score (nSPS) is 11.5. The maximum atomic E-state index is 14.1. The first-order valence-electron chi connectivity index (χ1n) is 5.00. The van der Waals surface area contributed by atoms with Crippen LogP contribution in [-0.4, -0.2) is 0 Å². The Bertz CT molecular complexity index is 523. The molecule has 0 aromatic heterocycles. The number of benzene rings is 2. The molecule has 0 spiro atoms. The minimum absolute atomic E-state index is 0.0448. The molecule has 2 rings (SSSR count). The van der Waals surface area contributed by atoms with Gasteiger partial charge in [-0.05, 0) is 24.3 Å². The molecule has 4 heteroatoms. The smallest absolute Gasteiger partial charge is 0.298 e. The van der Waals surface area contributed by atoms with Crippen molar-refractivity contribution in [2.24, 2.45) is 0 Å². The van der Waals surface area contributed by atoms with Crippen molar-refractivity contribution in [3.63, 3.8) is 0 Å². The molecule has 0 saturated heterocycles. The lowest BCUT2D eigenvalue weighted by molar-refractivity contribution is 0.0428. The molecule has 0 fully saturated rings. The average molecular weight is 298 g/mol. The molecule has 2 aromatic rings. The standard InChI is InChI=1S/C13H10BrF2N/c14-11-3-1-2-10(8-11)13(15,16)9-4-6-12(17)7-5-9/h1-8H,17H2. The molecule has 0 radical (unpaired) electrons. The van der Waals surface area contributed by atoms with Crippen molar-refractivity contribution in [1.29, 1.82) is 0 Å². The number of nitrogens with two attached hydrogens (primary N) is 1. The van der Waals surface area contributed by atoms with Gasteiger partial charge in [-0.1, -0.05) is 40.2 Å². The van der Waals surface area contributed by atoms with Gasteiger partial charge in [0.05, 0.1) is 0 Å². The molecule has 0 amide bonds.